The summed E-state index contributed by atoms with van der Waals surface area (Å²) in [5.74, 6) is 3.73. The number of guanidine groups is 1. The average Bonchev–Trinajstić information content (AvgIpc) is 3.07. The minimum atomic E-state index is 0. The highest BCUT2D eigenvalue weighted by atomic mass is 127. The highest BCUT2D eigenvalue weighted by molar-refractivity contribution is 14.0. The maximum atomic E-state index is 5.03. The monoisotopic (exact) mass is 480 g/mol. The first-order chi connectivity index (χ1) is 12.8. The lowest BCUT2D eigenvalue weighted by molar-refractivity contribution is 0.335. The van der Waals surface area contributed by atoms with E-state index < -0.39 is 0 Å². The number of para-hydroxylation sites is 1. The van der Waals surface area contributed by atoms with Gasteiger partial charge in [-0.3, -0.25) is 4.99 Å². The van der Waals surface area contributed by atoms with Gasteiger partial charge in [0.15, 0.2) is 5.96 Å². The van der Waals surface area contributed by atoms with Gasteiger partial charge in [0.25, 0.3) is 0 Å². The van der Waals surface area contributed by atoms with Crippen molar-refractivity contribution in [3.63, 3.8) is 0 Å². The maximum Gasteiger partial charge on any atom is 0.198 e. The van der Waals surface area contributed by atoms with E-state index in [-0.39, 0.29) is 24.0 Å². The zero-order valence-corrected chi connectivity index (χ0v) is 18.3. The second-order valence-corrected chi connectivity index (χ2v) is 7.38. The first-order valence-corrected chi connectivity index (χ1v) is 9.80. The minimum absolute atomic E-state index is 0. The van der Waals surface area contributed by atoms with Crippen molar-refractivity contribution in [1.29, 1.82) is 0 Å². The van der Waals surface area contributed by atoms with Crippen LogP contribution in [0.3, 0.4) is 0 Å². The molecule has 1 aromatic heterocycles. The second kappa shape index (κ2) is 9.52. The smallest absolute Gasteiger partial charge is 0.198 e. The molecule has 2 aliphatic rings. The lowest BCUT2D eigenvalue weighted by Gasteiger charge is -2.31. The first kappa shape index (κ1) is 20.1. The Bertz CT molecular complexity index is 751. The summed E-state index contributed by atoms with van der Waals surface area (Å²) in [6.07, 6.45) is 5.98. The van der Waals surface area contributed by atoms with E-state index in [0.717, 1.165) is 62.3 Å². The van der Waals surface area contributed by atoms with E-state index in [0.29, 0.717) is 5.92 Å². The van der Waals surface area contributed by atoms with Gasteiger partial charge in [0.1, 0.15) is 11.6 Å². The molecule has 1 aromatic carbocycles. The van der Waals surface area contributed by atoms with Crippen molar-refractivity contribution >= 4 is 35.6 Å². The Morgan fingerprint density at radius 2 is 1.93 bits per heavy atom. The van der Waals surface area contributed by atoms with Crippen LogP contribution in [0.25, 0.3) is 0 Å². The number of aromatic nitrogens is 3. The Morgan fingerprint density at radius 3 is 2.70 bits per heavy atom. The van der Waals surface area contributed by atoms with Gasteiger partial charge in [0.05, 0.1) is 0 Å². The number of anilines is 1. The Kier molecular flexibility index (Phi) is 7.09. The number of benzene rings is 1. The van der Waals surface area contributed by atoms with Crippen molar-refractivity contribution in [3.05, 3.63) is 42.0 Å². The standard InChI is InChI=1S/C20H28N6.HI/c1-16-23-24-19-11-10-17(15-26(16)19)14-21-20(25-12-6-3-7-13-25)22-18-8-4-2-5-9-18;/h2,4-5,8-9,17H,3,6-7,10-15H2,1H3,(H,21,22);1H. The number of hydrogen-bond acceptors (Lipinski definition) is 3. The molecule has 0 radical (unpaired) electrons. The summed E-state index contributed by atoms with van der Waals surface area (Å²) >= 11 is 0. The molecule has 0 aliphatic carbocycles. The van der Waals surface area contributed by atoms with Gasteiger partial charge in [0, 0.05) is 38.3 Å². The zero-order valence-electron chi connectivity index (χ0n) is 16.0. The number of aliphatic imine (C=N–C) groups is 1. The van der Waals surface area contributed by atoms with Crippen molar-refractivity contribution < 1.29 is 0 Å². The molecule has 4 rings (SSSR count). The molecule has 0 spiro atoms. The van der Waals surface area contributed by atoms with E-state index in [1.165, 1.54) is 19.3 Å². The molecule has 2 aliphatic heterocycles. The maximum absolute atomic E-state index is 5.03. The van der Waals surface area contributed by atoms with Gasteiger partial charge in [-0.15, -0.1) is 34.2 Å². The van der Waals surface area contributed by atoms with Crippen LogP contribution in [0.1, 0.15) is 37.3 Å². The highest BCUT2D eigenvalue weighted by Crippen LogP contribution is 2.21. The number of likely N-dealkylation sites (tertiary alicyclic amines) is 1. The fourth-order valence-corrected chi connectivity index (χ4v) is 3.87. The van der Waals surface area contributed by atoms with Crippen LogP contribution < -0.4 is 5.32 Å². The third-order valence-corrected chi connectivity index (χ3v) is 5.41. The molecule has 1 atom stereocenters. The lowest BCUT2D eigenvalue weighted by atomic mass is 9.99. The number of nitrogens with zero attached hydrogens (tertiary/aromatic N) is 5. The molecule has 0 saturated carbocycles. The minimum Gasteiger partial charge on any atom is -0.343 e. The van der Waals surface area contributed by atoms with Gasteiger partial charge in [-0.1, -0.05) is 18.2 Å². The Hall–Kier alpha value is -1.64. The summed E-state index contributed by atoms with van der Waals surface area (Å²) in [5, 5.41) is 12.0. The second-order valence-electron chi connectivity index (χ2n) is 7.38. The van der Waals surface area contributed by atoms with Crippen molar-refractivity contribution in [2.75, 3.05) is 25.0 Å². The van der Waals surface area contributed by atoms with Crippen LogP contribution >= 0.6 is 24.0 Å². The van der Waals surface area contributed by atoms with E-state index in [9.17, 15) is 0 Å². The number of halogens is 1. The third-order valence-electron chi connectivity index (χ3n) is 5.41. The Labute approximate surface area is 178 Å². The molecule has 1 unspecified atom stereocenters. The molecule has 0 bridgehead atoms. The van der Waals surface area contributed by atoms with E-state index in [4.69, 9.17) is 4.99 Å². The topological polar surface area (TPSA) is 58.3 Å². The highest BCUT2D eigenvalue weighted by Gasteiger charge is 2.22. The van der Waals surface area contributed by atoms with Crippen molar-refractivity contribution in [2.24, 2.45) is 10.9 Å². The van der Waals surface area contributed by atoms with E-state index in [2.05, 4.69) is 49.2 Å². The Morgan fingerprint density at radius 1 is 1.15 bits per heavy atom. The summed E-state index contributed by atoms with van der Waals surface area (Å²) in [6.45, 7) is 6.06. The van der Waals surface area contributed by atoms with Crippen LogP contribution in [0.2, 0.25) is 0 Å². The summed E-state index contributed by atoms with van der Waals surface area (Å²) in [5.41, 5.74) is 1.11. The van der Waals surface area contributed by atoms with Gasteiger partial charge in [-0.2, -0.15) is 0 Å². The zero-order chi connectivity index (χ0) is 17.8. The molecule has 27 heavy (non-hydrogen) atoms. The van der Waals surface area contributed by atoms with Crippen LogP contribution in [-0.2, 0) is 13.0 Å². The SMILES string of the molecule is Cc1nnc2n1CC(CN=C(Nc1ccccc1)N1CCCCC1)CC2.I. The summed E-state index contributed by atoms with van der Waals surface area (Å²) < 4.78 is 2.26. The van der Waals surface area contributed by atoms with E-state index in [1.807, 2.05) is 13.0 Å². The largest absolute Gasteiger partial charge is 0.343 e. The fourth-order valence-electron chi connectivity index (χ4n) is 3.87. The van der Waals surface area contributed by atoms with Crippen molar-refractivity contribution in [3.8, 4) is 0 Å². The predicted molar refractivity (Wildman–Crippen MR) is 120 cm³/mol. The molecule has 1 saturated heterocycles. The molecule has 2 aromatic rings. The van der Waals surface area contributed by atoms with Crippen LogP contribution in [-0.4, -0.2) is 45.3 Å². The van der Waals surface area contributed by atoms with Gasteiger partial charge in [-0.25, -0.2) is 0 Å². The quantitative estimate of drug-likeness (QED) is 0.414. The van der Waals surface area contributed by atoms with E-state index >= 15 is 0 Å². The molecule has 6 nitrogen and oxygen atoms in total. The Balaban J connectivity index is 0.00000210. The molecule has 3 heterocycles. The molecular formula is C20H29IN6. The number of fused-ring (bicyclic) bond motifs is 1. The van der Waals surface area contributed by atoms with Crippen molar-refractivity contribution in [2.45, 2.75) is 45.6 Å². The number of piperidine rings is 1. The number of rotatable bonds is 3. The summed E-state index contributed by atoms with van der Waals surface area (Å²) in [4.78, 5) is 7.44. The molecule has 146 valence electrons. The normalized spacial score (nSPS) is 20.0. The summed E-state index contributed by atoms with van der Waals surface area (Å²) in [7, 11) is 0. The summed E-state index contributed by atoms with van der Waals surface area (Å²) in [6, 6.07) is 10.4. The van der Waals surface area contributed by atoms with Gasteiger partial charge in [0.2, 0.25) is 0 Å². The molecule has 1 fully saturated rings. The number of nitrogens with one attached hydrogen (secondary N) is 1. The van der Waals surface area contributed by atoms with Crippen LogP contribution in [0, 0.1) is 12.8 Å². The first-order valence-electron chi connectivity index (χ1n) is 9.80. The predicted octanol–water partition coefficient (Wildman–Crippen LogP) is 3.72. The van der Waals surface area contributed by atoms with Crippen molar-refractivity contribution in [1.82, 2.24) is 19.7 Å². The average molecular weight is 480 g/mol. The van der Waals surface area contributed by atoms with Gasteiger partial charge >= 0.3 is 0 Å². The molecular weight excluding hydrogens is 451 g/mol. The van der Waals surface area contributed by atoms with Crippen LogP contribution in [0.4, 0.5) is 5.69 Å². The van der Waals surface area contributed by atoms with Gasteiger partial charge < -0.3 is 14.8 Å². The van der Waals surface area contributed by atoms with Gasteiger partial charge in [-0.05, 0) is 50.7 Å². The van der Waals surface area contributed by atoms with E-state index in [1.54, 1.807) is 0 Å². The third kappa shape index (κ3) is 5.00. The fraction of sp³-hybridized carbons (Fsp3) is 0.550. The molecule has 0 amide bonds. The number of aryl methyl sites for hydroxylation is 2. The van der Waals surface area contributed by atoms with Crippen LogP contribution in [0.15, 0.2) is 35.3 Å². The number of hydrogen-bond donors (Lipinski definition) is 1. The van der Waals surface area contributed by atoms with Crippen LogP contribution in [0.5, 0.6) is 0 Å². The molecule has 1 N–H and O–H groups in total. The molecule has 7 heteroatoms. The lowest BCUT2D eigenvalue weighted by Crippen LogP contribution is -2.40.